The van der Waals surface area contributed by atoms with Crippen molar-refractivity contribution in [2.75, 3.05) is 25.2 Å². The molecular weight excluding hydrogens is 260 g/mol. The summed E-state index contributed by atoms with van der Waals surface area (Å²) in [5, 5.41) is 5.06. The lowest BCUT2D eigenvalue weighted by molar-refractivity contribution is 0.200. The van der Waals surface area contributed by atoms with Crippen molar-refractivity contribution in [1.29, 1.82) is 0 Å². The highest BCUT2D eigenvalue weighted by Gasteiger charge is 2.10. The van der Waals surface area contributed by atoms with Crippen LogP contribution >= 0.6 is 11.8 Å². The maximum absolute atomic E-state index is 11.2. The number of methoxy groups -OCH3 is 1. The van der Waals surface area contributed by atoms with Crippen molar-refractivity contribution in [3.8, 4) is 0 Å². The molecule has 0 aliphatic carbocycles. The number of nitrogen functional groups attached to an aromatic ring is 1. The average molecular weight is 276 g/mol. The van der Waals surface area contributed by atoms with E-state index in [2.05, 4.69) is 0 Å². The fourth-order valence-electron chi connectivity index (χ4n) is 1.23. The van der Waals surface area contributed by atoms with Gasteiger partial charge in [-0.05, 0) is 24.6 Å². The average Bonchev–Trinajstić information content (AvgIpc) is 2.22. The number of hydrogen-bond acceptors (Lipinski definition) is 5. The standard InChI is InChI=1S/C10H16N2O3S2/c1-15-3-2-4-16-9-5-8(11)6-10(7-9)17(12,13)14/h5-7H,2-4,11H2,1H3,(H2,12,13,14). The predicted molar refractivity (Wildman–Crippen MR) is 69.4 cm³/mol. The van der Waals surface area contributed by atoms with Gasteiger partial charge in [-0.2, -0.15) is 0 Å². The number of anilines is 1. The van der Waals surface area contributed by atoms with Crippen LogP contribution in [-0.4, -0.2) is 27.9 Å². The van der Waals surface area contributed by atoms with Gasteiger partial charge in [0.05, 0.1) is 4.90 Å². The Morgan fingerprint density at radius 2 is 2.06 bits per heavy atom. The molecule has 4 N–H and O–H groups in total. The van der Waals surface area contributed by atoms with Crippen molar-refractivity contribution >= 4 is 27.5 Å². The normalized spacial score (nSPS) is 11.6. The first kappa shape index (κ1) is 14.3. The van der Waals surface area contributed by atoms with Gasteiger partial charge in [0.15, 0.2) is 0 Å². The molecule has 7 heteroatoms. The third-order valence-electron chi connectivity index (χ3n) is 1.99. The molecule has 0 radical (unpaired) electrons. The maximum atomic E-state index is 11.2. The molecule has 1 rings (SSSR count). The van der Waals surface area contributed by atoms with Crippen molar-refractivity contribution < 1.29 is 13.2 Å². The zero-order valence-corrected chi connectivity index (χ0v) is 11.2. The largest absolute Gasteiger partial charge is 0.399 e. The first-order chi connectivity index (χ1) is 7.93. The van der Waals surface area contributed by atoms with Crippen LogP contribution in [0.15, 0.2) is 28.0 Å². The van der Waals surface area contributed by atoms with Gasteiger partial charge in [0.1, 0.15) is 0 Å². The number of sulfonamides is 1. The molecular formula is C10H16N2O3S2. The van der Waals surface area contributed by atoms with Gasteiger partial charge in [-0.1, -0.05) is 0 Å². The molecule has 1 aromatic rings. The molecule has 0 bridgehead atoms. The van der Waals surface area contributed by atoms with Crippen LogP contribution in [0.3, 0.4) is 0 Å². The van der Waals surface area contributed by atoms with Crippen LogP contribution in [0.2, 0.25) is 0 Å². The van der Waals surface area contributed by atoms with Crippen LogP contribution in [-0.2, 0) is 14.8 Å². The number of hydrogen-bond donors (Lipinski definition) is 2. The lowest BCUT2D eigenvalue weighted by atomic mass is 10.3. The summed E-state index contributed by atoms with van der Waals surface area (Å²) in [5.41, 5.74) is 6.02. The first-order valence-corrected chi connectivity index (χ1v) is 7.52. The minimum absolute atomic E-state index is 0.0479. The van der Waals surface area contributed by atoms with Crippen LogP contribution < -0.4 is 10.9 Å². The van der Waals surface area contributed by atoms with Crippen molar-refractivity contribution in [2.45, 2.75) is 16.2 Å². The Hall–Kier alpha value is -0.760. The topological polar surface area (TPSA) is 95.4 Å². The van der Waals surface area contributed by atoms with E-state index < -0.39 is 10.0 Å². The van der Waals surface area contributed by atoms with E-state index in [1.165, 1.54) is 23.9 Å². The van der Waals surface area contributed by atoms with Gasteiger partial charge in [-0.25, -0.2) is 13.6 Å². The number of primary sulfonamides is 1. The van der Waals surface area contributed by atoms with Crippen molar-refractivity contribution in [3.63, 3.8) is 0 Å². The van der Waals surface area contributed by atoms with E-state index in [9.17, 15) is 8.42 Å². The molecule has 96 valence electrons. The predicted octanol–water partition coefficient (Wildman–Crippen LogP) is 1.04. The molecule has 0 saturated heterocycles. The van der Waals surface area contributed by atoms with Gasteiger partial charge in [-0.15, -0.1) is 11.8 Å². The molecule has 0 atom stereocenters. The fourth-order valence-corrected chi connectivity index (χ4v) is 2.83. The highest BCUT2D eigenvalue weighted by molar-refractivity contribution is 7.99. The summed E-state index contributed by atoms with van der Waals surface area (Å²) in [5.74, 6) is 0.835. The van der Waals surface area contributed by atoms with E-state index >= 15 is 0 Å². The zero-order chi connectivity index (χ0) is 12.9. The summed E-state index contributed by atoms with van der Waals surface area (Å²) in [6, 6.07) is 4.61. The van der Waals surface area contributed by atoms with E-state index in [-0.39, 0.29) is 4.90 Å². The molecule has 1 aromatic carbocycles. The van der Waals surface area contributed by atoms with E-state index in [4.69, 9.17) is 15.6 Å². The summed E-state index contributed by atoms with van der Waals surface area (Å²) >= 11 is 1.52. The van der Waals surface area contributed by atoms with Gasteiger partial charge < -0.3 is 10.5 Å². The number of rotatable bonds is 6. The van der Waals surface area contributed by atoms with Crippen LogP contribution in [0.25, 0.3) is 0 Å². The van der Waals surface area contributed by atoms with Gasteiger partial charge in [-0.3, -0.25) is 0 Å². The van der Waals surface area contributed by atoms with E-state index in [0.717, 1.165) is 17.1 Å². The van der Waals surface area contributed by atoms with Crippen LogP contribution in [0.4, 0.5) is 5.69 Å². The monoisotopic (exact) mass is 276 g/mol. The molecule has 0 amide bonds. The second kappa shape index (κ2) is 6.25. The Morgan fingerprint density at radius 1 is 1.35 bits per heavy atom. The van der Waals surface area contributed by atoms with Crippen LogP contribution in [0.1, 0.15) is 6.42 Å². The number of benzene rings is 1. The molecule has 0 unspecified atom stereocenters. The molecule has 0 aliphatic heterocycles. The lowest BCUT2D eigenvalue weighted by Gasteiger charge is -2.05. The van der Waals surface area contributed by atoms with Gasteiger partial charge in [0.2, 0.25) is 10.0 Å². The summed E-state index contributed by atoms with van der Waals surface area (Å²) in [6.45, 7) is 0.678. The van der Waals surface area contributed by atoms with Gasteiger partial charge in [0, 0.05) is 30.1 Å². The van der Waals surface area contributed by atoms with E-state index in [0.29, 0.717) is 12.3 Å². The second-order valence-electron chi connectivity index (χ2n) is 3.48. The molecule has 17 heavy (non-hydrogen) atoms. The Balaban J connectivity index is 2.77. The fraction of sp³-hybridized carbons (Fsp3) is 0.400. The Kier molecular flexibility index (Phi) is 5.26. The molecule has 0 aliphatic rings. The molecule has 0 fully saturated rings. The summed E-state index contributed by atoms with van der Waals surface area (Å²) < 4.78 is 27.3. The molecule has 0 heterocycles. The molecule has 0 saturated carbocycles. The smallest absolute Gasteiger partial charge is 0.238 e. The highest BCUT2D eigenvalue weighted by atomic mass is 32.2. The highest BCUT2D eigenvalue weighted by Crippen LogP contribution is 2.24. The van der Waals surface area contributed by atoms with E-state index in [1.54, 1.807) is 13.2 Å². The van der Waals surface area contributed by atoms with Crippen molar-refractivity contribution in [2.24, 2.45) is 5.14 Å². The number of nitrogens with two attached hydrogens (primary N) is 2. The zero-order valence-electron chi connectivity index (χ0n) is 9.55. The first-order valence-electron chi connectivity index (χ1n) is 4.98. The summed E-state index contributed by atoms with van der Waals surface area (Å²) in [6.07, 6.45) is 0.890. The Labute approximate surface area is 106 Å². The summed E-state index contributed by atoms with van der Waals surface area (Å²) in [4.78, 5) is 0.844. The third-order valence-corrected chi connectivity index (χ3v) is 3.95. The van der Waals surface area contributed by atoms with E-state index in [1.807, 2.05) is 0 Å². The molecule has 0 aromatic heterocycles. The molecule has 5 nitrogen and oxygen atoms in total. The Morgan fingerprint density at radius 3 is 2.65 bits per heavy atom. The number of thioether (sulfide) groups is 1. The Bertz CT molecular complexity index is 474. The number of ether oxygens (including phenoxy) is 1. The van der Waals surface area contributed by atoms with Crippen molar-refractivity contribution in [3.05, 3.63) is 18.2 Å². The third kappa shape index (κ3) is 4.95. The van der Waals surface area contributed by atoms with Crippen molar-refractivity contribution in [1.82, 2.24) is 0 Å². The lowest BCUT2D eigenvalue weighted by Crippen LogP contribution is -2.12. The van der Waals surface area contributed by atoms with Gasteiger partial charge >= 0.3 is 0 Å². The van der Waals surface area contributed by atoms with Gasteiger partial charge in [0.25, 0.3) is 0 Å². The van der Waals surface area contributed by atoms with Crippen LogP contribution in [0.5, 0.6) is 0 Å². The minimum atomic E-state index is -3.70. The van der Waals surface area contributed by atoms with Crippen LogP contribution in [0, 0.1) is 0 Å². The molecule has 0 spiro atoms. The SMILES string of the molecule is COCCCSc1cc(N)cc(S(N)(=O)=O)c1. The summed E-state index contributed by atoms with van der Waals surface area (Å²) in [7, 11) is -2.06. The quantitative estimate of drug-likeness (QED) is 0.460. The maximum Gasteiger partial charge on any atom is 0.238 e. The minimum Gasteiger partial charge on any atom is -0.399 e. The second-order valence-corrected chi connectivity index (χ2v) is 6.21.